The summed E-state index contributed by atoms with van der Waals surface area (Å²) in [6.07, 6.45) is 1.42. The van der Waals surface area contributed by atoms with Gasteiger partial charge in [-0.25, -0.2) is 0 Å². The maximum absolute atomic E-state index is 11.9. The van der Waals surface area contributed by atoms with Crippen molar-refractivity contribution in [1.82, 2.24) is 10.6 Å². The Hall–Kier alpha value is -1.10. The maximum atomic E-state index is 11.9. The fraction of sp³-hybridized carbons (Fsp3) is 0.846. The second-order valence-corrected chi connectivity index (χ2v) is 5.55. The SMILES string of the molecule is CC(C)CC(CNC(=O)C1CCNC1C)C(=O)O. The molecule has 1 rings (SSSR count). The van der Waals surface area contributed by atoms with Crippen molar-refractivity contribution in [1.29, 1.82) is 0 Å². The Morgan fingerprint density at radius 2 is 2.11 bits per heavy atom. The fourth-order valence-electron chi connectivity index (χ4n) is 2.41. The van der Waals surface area contributed by atoms with Crippen LogP contribution in [0.2, 0.25) is 0 Å². The highest BCUT2D eigenvalue weighted by molar-refractivity contribution is 5.80. The average molecular weight is 256 g/mol. The number of nitrogens with one attached hydrogen (secondary N) is 2. The van der Waals surface area contributed by atoms with Gasteiger partial charge in [0, 0.05) is 12.6 Å². The van der Waals surface area contributed by atoms with E-state index in [9.17, 15) is 9.59 Å². The van der Waals surface area contributed by atoms with Gasteiger partial charge in [0.05, 0.1) is 11.8 Å². The summed E-state index contributed by atoms with van der Waals surface area (Å²) in [6.45, 7) is 7.05. The first-order valence-electron chi connectivity index (χ1n) is 6.65. The second kappa shape index (κ2) is 6.73. The lowest BCUT2D eigenvalue weighted by molar-refractivity contribution is -0.142. The van der Waals surface area contributed by atoms with Crippen LogP contribution in [0, 0.1) is 17.8 Å². The lowest BCUT2D eigenvalue weighted by Gasteiger charge is -2.18. The van der Waals surface area contributed by atoms with E-state index in [0.717, 1.165) is 13.0 Å². The van der Waals surface area contributed by atoms with Crippen LogP contribution < -0.4 is 10.6 Å². The molecular formula is C13H24N2O3. The Morgan fingerprint density at radius 3 is 2.56 bits per heavy atom. The number of carbonyl (C=O) groups excluding carboxylic acids is 1. The molecule has 3 N–H and O–H groups in total. The summed E-state index contributed by atoms with van der Waals surface area (Å²) in [7, 11) is 0. The summed E-state index contributed by atoms with van der Waals surface area (Å²) < 4.78 is 0. The predicted octanol–water partition coefficient (Wildman–Crippen LogP) is 0.848. The van der Waals surface area contributed by atoms with E-state index >= 15 is 0 Å². The van der Waals surface area contributed by atoms with Crippen LogP contribution in [-0.4, -0.2) is 36.1 Å². The van der Waals surface area contributed by atoms with E-state index in [2.05, 4.69) is 10.6 Å². The van der Waals surface area contributed by atoms with E-state index in [1.807, 2.05) is 20.8 Å². The normalized spacial score (nSPS) is 25.1. The molecule has 5 nitrogen and oxygen atoms in total. The molecule has 0 aliphatic carbocycles. The number of hydrogen-bond donors (Lipinski definition) is 3. The van der Waals surface area contributed by atoms with Crippen LogP contribution >= 0.6 is 0 Å². The number of carbonyl (C=O) groups is 2. The minimum Gasteiger partial charge on any atom is -0.481 e. The molecule has 3 unspecified atom stereocenters. The Morgan fingerprint density at radius 1 is 1.44 bits per heavy atom. The number of carboxylic acid groups (broad SMARTS) is 1. The van der Waals surface area contributed by atoms with Crippen LogP contribution in [-0.2, 0) is 9.59 Å². The van der Waals surface area contributed by atoms with Gasteiger partial charge in [0.15, 0.2) is 0 Å². The summed E-state index contributed by atoms with van der Waals surface area (Å²) in [5, 5.41) is 15.1. The van der Waals surface area contributed by atoms with Crippen LogP contribution in [0.5, 0.6) is 0 Å². The van der Waals surface area contributed by atoms with E-state index in [1.165, 1.54) is 0 Å². The standard InChI is InChI=1S/C13H24N2O3/c1-8(2)6-10(13(17)18)7-15-12(16)11-4-5-14-9(11)3/h8-11,14H,4-7H2,1-3H3,(H,15,16)(H,17,18). The highest BCUT2D eigenvalue weighted by Gasteiger charge is 2.30. The third kappa shape index (κ3) is 4.29. The van der Waals surface area contributed by atoms with Gasteiger partial charge >= 0.3 is 5.97 Å². The van der Waals surface area contributed by atoms with E-state index in [1.54, 1.807) is 0 Å². The lowest BCUT2D eigenvalue weighted by Crippen LogP contribution is -2.40. The van der Waals surface area contributed by atoms with Crippen molar-refractivity contribution in [3.8, 4) is 0 Å². The summed E-state index contributed by atoms with van der Waals surface area (Å²) in [5.74, 6) is -1.06. The number of amides is 1. The van der Waals surface area contributed by atoms with E-state index in [-0.39, 0.29) is 24.4 Å². The third-order valence-corrected chi connectivity index (χ3v) is 3.49. The minimum absolute atomic E-state index is 0.0255. The molecule has 0 aromatic carbocycles. The largest absolute Gasteiger partial charge is 0.481 e. The summed E-state index contributed by atoms with van der Waals surface area (Å²) in [5.41, 5.74) is 0. The molecule has 18 heavy (non-hydrogen) atoms. The van der Waals surface area contributed by atoms with Crippen molar-refractivity contribution in [3.63, 3.8) is 0 Å². The van der Waals surface area contributed by atoms with Crippen LogP contribution in [0.1, 0.15) is 33.6 Å². The van der Waals surface area contributed by atoms with Crippen molar-refractivity contribution in [2.24, 2.45) is 17.8 Å². The molecule has 1 saturated heterocycles. The highest BCUT2D eigenvalue weighted by Crippen LogP contribution is 2.16. The summed E-state index contributed by atoms with van der Waals surface area (Å²) in [6, 6.07) is 0.179. The lowest BCUT2D eigenvalue weighted by atomic mass is 9.96. The topological polar surface area (TPSA) is 78.4 Å². The molecule has 1 aliphatic heterocycles. The first-order chi connectivity index (χ1) is 8.41. The molecule has 0 aromatic heterocycles. The number of hydrogen-bond acceptors (Lipinski definition) is 3. The smallest absolute Gasteiger partial charge is 0.308 e. The Bertz CT molecular complexity index is 305. The fourth-order valence-corrected chi connectivity index (χ4v) is 2.41. The van der Waals surface area contributed by atoms with Crippen LogP contribution in [0.15, 0.2) is 0 Å². The Balaban J connectivity index is 2.41. The van der Waals surface area contributed by atoms with Crippen LogP contribution in [0.25, 0.3) is 0 Å². The Labute approximate surface area is 108 Å². The van der Waals surface area contributed by atoms with E-state index < -0.39 is 11.9 Å². The summed E-state index contributed by atoms with van der Waals surface area (Å²) >= 11 is 0. The van der Waals surface area contributed by atoms with Crippen molar-refractivity contribution in [3.05, 3.63) is 0 Å². The first kappa shape index (κ1) is 15.0. The number of rotatable bonds is 6. The zero-order valence-corrected chi connectivity index (χ0v) is 11.4. The molecule has 1 fully saturated rings. The predicted molar refractivity (Wildman–Crippen MR) is 69.2 cm³/mol. The van der Waals surface area contributed by atoms with Crippen LogP contribution in [0.4, 0.5) is 0 Å². The van der Waals surface area contributed by atoms with E-state index in [0.29, 0.717) is 12.3 Å². The maximum Gasteiger partial charge on any atom is 0.308 e. The quantitative estimate of drug-likeness (QED) is 0.658. The van der Waals surface area contributed by atoms with Gasteiger partial charge in [0.2, 0.25) is 5.91 Å². The molecule has 0 spiro atoms. The molecule has 3 atom stereocenters. The van der Waals surface area contributed by atoms with Crippen molar-refractivity contribution >= 4 is 11.9 Å². The van der Waals surface area contributed by atoms with Gasteiger partial charge in [-0.1, -0.05) is 13.8 Å². The molecule has 104 valence electrons. The highest BCUT2D eigenvalue weighted by atomic mass is 16.4. The van der Waals surface area contributed by atoms with Gasteiger partial charge in [-0.2, -0.15) is 0 Å². The Kier molecular flexibility index (Phi) is 5.59. The first-order valence-corrected chi connectivity index (χ1v) is 6.65. The average Bonchev–Trinajstić information content (AvgIpc) is 2.69. The molecule has 1 aliphatic rings. The zero-order chi connectivity index (χ0) is 13.7. The molecule has 1 heterocycles. The third-order valence-electron chi connectivity index (χ3n) is 3.49. The monoisotopic (exact) mass is 256 g/mol. The van der Waals surface area contributed by atoms with Crippen molar-refractivity contribution < 1.29 is 14.7 Å². The number of carboxylic acids is 1. The van der Waals surface area contributed by atoms with Gasteiger partial charge in [-0.05, 0) is 32.2 Å². The van der Waals surface area contributed by atoms with Gasteiger partial charge in [0.25, 0.3) is 0 Å². The van der Waals surface area contributed by atoms with Gasteiger partial charge in [-0.3, -0.25) is 9.59 Å². The van der Waals surface area contributed by atoms with Crippen molar-refractivity contribution in [2.45, 2.75) is 39.7 Å². The molecule has 1 amide bonds. The minimum atomic E-state index is -0.832. The van der Waals surface area contributed by atoms with Gasteiger partial charge in [-0.15, -0.1) is 0 Å². The number of aliphatic carboxylic acids is 1. The van der Waals surface area contributed by atoms with Gasteiger partial charge in [0.1, 0.15) is 0 Å². The second-order valence-electron chi connectivity index (χ2n) is 5.55. The van der Waals surface area contributed by atoms with Crippen LogP contribution in [0.3, 0.4) is 0 Å². The van der Waals surface area contributed by atoms with E-state index in [4.69, 9.17) is 5.11 Å². The molecule has 0 aromatic rings. The molecule has 0 radical (unpaired) electrons. The molecular weight excluding hydrogens is 232 g/mol. The summed E-state index contributed by atoms with van der Waals surface area (Å²) in [4.78, 5) is 23.0. The molecule has 0 bridgehead atoms. The van der Waals surface area contributed by atoms with Crippen molar-refractivity contribution in [2.75, 3.05) is 13.1 Å². The zero-order valence-electron chi connectivity index (χ0n) is 11.4. The molecule has 5 heteroatoms. The van der Waals surface area contributed by atoms with Gasteiger partial charge < -0.3 is 15.7 Å². The molecule has 0 saturated carbocycles.